The van der Waals surface area contributed by atoms with Gasteiger partial charge in [0, 0.05) is 12.3 Å². The number of amides is 2. The number of hydrogen-bond donors (Lipinski definition) is 2. The zero-order chi connectivity index (χ0) is 20.7. The molecule has 154 valence electrons. The Morgan fingerprint density at radius 1 is 1.07 bits per heavy atom. The van der Waals surface area contributed by atoms with Crippen molar-refractivity contribution in [3.8, 4) is 17.2 Å². The van der Waals surface area contributed by atoms with E-state index in [4.69, 9.17) is 23.7 Å². The molecule has 9 nitrogen and oxygen atoms in total. The maximum atomic E-state index is 12.7. The molecule has 28 heavy (non-hydrogen) atoms. The van der Waals surface area contributed by atoms with Gasteiger partial charge in [0.25, 0.3) is 0 Å². The highest BCUT2D eigenvalue weighted by Crippen LogP contribution is 2.41. The fraction of sp³-hybridized carbons (Fsp3) is 0.474. The van der Waals surface area contributed by atoms with E-state index in [1.165, 1.54) is 21.3 Å². The second kappa shape index (κ2) is 9.84. The summed E-state index contributed by atoms with van der Waals surface area (Å²) in [5.74, 6) is 0.678. The van der Waals surface area contributed by atoms with E-state index < -0.39 is 18.0 Å². The van der Waals surface area contributed by atoms with Crippen molar-refractivity contribution >= 4 is 12.0 Å². The van der Waals surface area contributed by atoms with Crippen LogP contribution < -0.4 is 24.8 Å². The van der Waals surface area contributed by atoms with E-state index in [1.807, 2.05) is 6.92 Å². The van der Waals surface area contributed by atoms with Crippen molar-refractivity contribution in [2.24, 2.45) is 0 Å². The number of hydrogen-bond acceptors (Lipinski definition) is 7. The molecule has 1 heterocycles. The molecule has 2 N–H and O–H groups in total. The van der Waals surface area contributed by atoms with Gasteiger partial charge in [0.05, 0.1) is 39.6 Å². The Labute approximate surface area is 163 Å². The number of nitrogens with one attached hydrogen (secondary N) is 2. The van der Waals surface area contributed by atoms with Crippen molar-refractivity contribution in [3.05, 3.63) is 29.0 Å². The van der Waals surface area contributed by atoms with Crippen LogP contribution in [0.4, 0.5) is 4.79 Å². The number of urea groups is 1. The minimum Gasteiger partial charge on any atom is -0.493 e. The van der Waals surface area contributed by atoms with E-state index >= 15 is 0 Å². The van der Waals surface area contributed by atoms with Gasteiger partial charge in [-0.05, 0) is 31.5 Å². The lowest BCUT2D eigenvalue weighted by molar-refractivity contribution is -0.141. The summed E-state index contributed by atoms with van der Waals surface area (Å²) in [5.41, 5.74) is 1.27. The third-order valence-corrected chi connectivity index (χ3v) is 4.17. The van der Waals surface area contributed by atoms with Crippen molar-refractivity contribution in [2.75, 3.05) is 41.2 Å². The number of rotatable bonds is 9. The van der Waals surface area contributed by atoms with E-state index in [0.29, 0.717) is 41.7 Å². The molecule has 1 aromatic carbocycles. The highest BCUT2D eigenvalue weighted by Gasteiger charge is 2.33. The Kier molecular flexibility index (Phi) is 7.51. The molecule has 0 unspecified atom stereocenters. The van der Waals surface area contributed by atoms with Crippen molar-refractivity contribution in [3.63, 3.8) is 0 Å². The van der Waals surface area contributed by atoms with Crippen LogP contribution in [0.15, 0.2) is 23.4 Å². The molecule has 1 atom stereocenters. The molecule has 0 spiro atoms. The van der Waals surface area contributed by atoms with E-state index in [1.54, 1.807) is 19.1 Å². The molecule has 0 saturated carbocycles. The first-order valence-electron chi connectivity index (χ1n) is 8.79. The SMILES string of the molecule is CCOCCOC(=O)C1=C(C)NC(=O)N[C@H]1c1cc(OC)c(OC)c(OC)c1. The number of carbonyl (C=O) groups excluding carboxylic acids is 2. The van der Waals surface area contributed by atoms with Crippen molar-refractivity contribution in [1.82, 2.24) is 10.6 Å². The molecule has 0 bridgehead atoms. The van der Waals surface area contributed by atoms with Crippen LogP contribution in [0.2, 0.25) is 0 Å². The number of carbonyl (C=O) groups is 2. The van der Waals surface area contributed by atoms with E-state index in [-0.39, 0.29) is 12.2 Å². The molecule has 0 radical (unpaired) electrons. The van der Waals surface area contributed by atoms with E-state index in [9.17, 15) is 9.59 Å². The van der Waals surface area contributed by atoms with Gasteiger partial charge in [-0.15, -0.1) is 0 Å². The summed E-state index contributed by atoms with van der Waals surface area (Å²) in [6.07, 6.45) is 0. The van der Waals surface area contributed by atoms with Gasteiger partial charge in [0.1, 0.15) is 6.61 Å². The van der Waals surface area contributed by atoms with Gasteiger partial charge in [-0.2, -0.15) is 0 Å². The second-order valence-electron chi connectivity index (χ2n) is 5.86. The lowest BCUT2D eigenvalue weighted by atomic mass is 9.95. The molecule has 1 aliphatic heterocycles. The van der Waals surface area contributed by atoms with Gasteiger partial charge in [-0.3, -0.25) is 0 Å². The Morgan fingerprint density at radius 2 is 1.71 bits per heavy atom. The predicted molar refractivity (Wildman–Crippen MR) is 101 cm³/mol. The number of benzene rings is 1. The van der Waals surface area contributed by atoms with Gasteiger partial charge < -0.3 is 34.3 Å². The van der Waals surface area contributed by atoms with Crippen LogP contribution in [0.5, 0.6) is 17.2 Å². The molecular weight excluding hydrogens is 368 g/mol. The first kappa shape index (κ1) is 21.4. The van der Waals surface area contributed by atoms with Crippen molar-refractivity contribution < 1.29 is 33.3 Å². The van der Waals surface area contributed by atoms with Crippen LogP contribution >= 0.6 is 0 Å². The fourth-order valence-corrected chi connectivity index (χ4v) is 2.90. The van der Waals surface area contributed by atoms with Crippen molar-refractivity contribution in [1.29, 1.82) is 0 Å². The maximum absolute atomic E-state index is 12.7. The molecule has 0 aromatic heterocycles. The zero-order valence-corrected chi connectivity index (χ0v) is 16.7. The summed E-state index contributed by atoms with van der Waals surface area (Å²) in [4.78, 5) is 24.7. The average Bonchev–Trinajstić information content (AvgIpc) is 2.69. The second-order valence-corrected chi connectivity index (χ2v) is 5.86. The smallest absolute Gasteiger partial charge is 0.338 e. The Bertz CT molecular complexity index is 736. The average molecular weight is 394 g/mol. The predicted octanol–water partition coefficient (Wildman–Crippen LogP) is 1.92. The molecule has 9 heteroatoms. The molecule has 0 aliphatic carbocycles. The molecule has 0 saturated heterocycles. The summed E-state index contributed by atoms with van der Waals surface area (Å²) in [5, 5.41) is 5.35. The third-order valence-electron chi connectivity index (χ3n) is 4.17. The van der Waals surface area contributed by atoms with Gasteiger partial charge in [-0.1, -0.05) is 0 Å². The first-order valence-corrected chi connectivity index (χ1v) is 8.79. The van der Waals surface area contributed by atoms with Crippen molar-refractivity contribution in [2.45, 2.75) is 19.9 Å². The topological polar surface area (TPSA) is 104 Å². The quantitative estimate of drug-likeness (QED) is 0.487. The molecule has 1 aliphatic rings. The summed E-state index contributed by atoms with van der Waals surface area (Å²) in [6, 6.07) is 2.18. The molecule has 1 aromatic rings. The van der Waals surface area contributed by atoms with Crippen LogP contribution in [0, 0.1) is 0 Å². The Morgan fingerprint density at radius 3 is 2.25 bits per heavy atom. The first-order chi connectivity index (χ1) is 13.5. The monoisotopic (exact) mass is 394 g/mol. The maximum Gasteiger partial charge on any atom is 0.338 e. The number of ether oxygens (including phenoxy) is 5. The van der Waals surface area contributed by atoms with E-state index in [2.05, 4.69) is 10.6 Å². The lowest BCUT2D eigenvalue weighted by Crippen LogP contribution is -2.45. The van der Waals surface area contributed by atoms with Gasteiger partial charge in [0.15, 0.2) is 11.5 Å². The fourth-order valence-electron chi connectivity index (χ4n) is 2.90. The summed E-state index contributed by atoms with van der Waals surface area (Å²) >= 11 is 0. The van der Waals surface area contributed by atoms with Gasteiger partial charge in [-0.25, -0.2) is 9.59 Å². The van der Waals surface area contributed by atoms with Crippen LogP contribution in [-0.2, 0) is 14.3 Å². The van der Waals surface area contributed by atoms with E-state index in [0.717, 1.165) is 0 Å². The lowest BCUT2D eigenvalue weighted by Gasteiger charge is -2.29. The number of allylic oxidation sites excluding steroid dienone is 1. The largest absolute Gasteiger partial charge is 0.493 e. The van der Waals surface area contributed by atoms with Gasteiger partial charge in [0.2, 0.25) is 5.75 Å². The van der Waals surface area contributed by atoms with Crippen LogP contribution in [0.25, 0.3) is 0 Å². The number of esters is 1. The Hall–Kier alpha value is -2.94. The minimum absolute atomic E-state index is 0.110. The third kappa shape index (κ3) is 4.66. The number of methoxy groups -OCH3 is 3. The molecular formula is C19H26N2O7. The van der Waals surface area contributed by atoms with Crippen LogP contribution in [0.1, 0.15) is 25.5 Å². The highest BCUT2D eigenvalue weighted by molar-refractivity contribution is 5.95. The normalized spacial score (nSPS) is 16.2. The van der Waals surface area contributed by atoms with Gasteiger partial charge >= 0.3 is 12.0 Å². The zero-order valence-electron chi connectivity index (χ0n) is 16.7. The summed E-state index contributed by atoms with van der Waals surface area (Å²) in [7, 11) is 4.48. The van der Waals surface area contributed by atoms with Crippen LogP contribution in [0.3, 0.4) is 0 Å². The summed E-state index contributed by atoms with van der Waals surface area (Å²) < 4.78 is 26.6. The standard InChI is InChI=1S/C19H26N2O7/c1-6-27-7-8-28-18(22)15-11(2)20-19(23)21-16(15)12-9-13(24-3)17(26-5)14(10-12)25-4/h9-10,16H,6-8H2,1-5H3,(H2,20,21,23)/t16-/m0/s1. The van der Waals surface area contributed by atoms with Crippen LogP contribution in [-0.4, -0.2) is 53.2 Å². The molecule has 2 rings (SSSR count). The summed E-state index contributed by atoms with van der Waals surface area (Å²) in [6.45, 7) is 4.44. The highest BCUT2D eigenvalue weighted by atomic mass is 16.6. The minimum atomic E-state index is -0.748. The Balaban J connectivity index is 2.41. The molecule has 0 fully saturated rings. The molecule has 2 amide bonds.